The predicted octanol–water partition coefficient (Wildman–Crippen LogP) is -0.115. The Morgan fingerprint density at radius 1 is 1.55 bits per heavy atom. The van der Waals surface area contributed by atoms with Crippen molar-refractivity contribution in [3.63, 3.8) is 0 Å². The molecular formula is C7H7N3O. The van der Waals surface area contributed by atoms with Gasteiger partial charge in [0.2, 0.25) is 5.91 Å². The molecule has 4 nitrogen and oxygen atoms in total. The van der Waals surface area contributed by atoms with Gasteiger partial charge < -0.3 is 11.3 Å². The lowest BCUT2D eigenvalue weighted by atomic mass is 10.0. The van der Waals surface area contributed by atoms with Crippen molar-refractivity contribution < 1.29 is 9.58 Å². The molecule has 11 heavy (non-hydrogen) atoms. The van der Waals surface area contributed by atoms with Crippen LogP contribution in [0.4, 0.5) is 0 Å². The predicted molar refractivity (Wildman–Crippen MR) is 39.6 cm³/mol. The van der Waals surface area contributed by atoms with Crippen LogP contribution in [0.15, 0.2) is 24.3 Å². The molecule has 2 N–H and O–H groups in total. The topological polar surface area (TPSA) is 79.5 Å². The molecule has 0 aromatic carbocycles. The molecule has 0 radical (unpaired) electrons. The molecule has 1 aliphatic rings. The summed E-state index contributed by atoms with van der Waals surface area (Å²) in [6.07, 6.45) is 6.24. The Morgan fingerprint density at radius 2 is 2.09 bits per heavy atom. The number of nitrogens with zero attached hydrogens (tertiary/aromatic N) is 2. The first kappa shape index (κ1) is 7.44. The Hall–Kier alpha value is -1.67. The normalized spacial score (nSPS) is 21.5. The molecule has 1 amide bonds. The minimum atomic E-state index is -0.408. The Balaban J connectivity index is 2.80. The average molecular weight is 149 g/mol. The van der Waals surface area contributed by atoms with Gasteiger partial charge in [0, 0.05) is 12.2 Å². The number of allylic oxidation sites excluding steroid dienone is 2. The van der Waals surface area contributed by atoms with E-state index in [1.807, 2.05) is 0 Å². The summed E-state index contributed by atoms with van der Waals surface area (Å²) in [7, 11) is 0. The second-order valence-electron chi connectivity index (χ2n) is 2.17. The van der Waals surface area contributed by atoms with Gasteiger partial charge in [0.25, 0.3) is 0 Å². The Bertz CT molecular complexity index is 268. The summed E-state index contributed by atoms with van der Waals surface area (Å²) in [6, 6.07) is 0. The van der Waals surface area contributed by atoms with Crippen LogP contribution >= 0.6 is 0 Å². The van der Waals surface area contributed by atoms with Crippen LogP contribution < -0.4 is 5.73 Å². The fourth-order valence-electron chi connectivity index (χ4n) is 0.781. The van der Waals surface area contributed by atoms with Gasteiger partial charge in [0.05, 0.1) is 5.92 Å². The number of hydrogen-bond donors (Lipinski definition) is 1. The van der Waals surface area contributed by atoms with Gasteiger partial charge in [-0.15, -0.1) is 0 Å². The number of rotatable bonds is 1. The lowest BCUT2D eigenvalue weighted by Gasteiger charge is -2.02. The maximum atomic E-state index is 10.6. The zero-order chi connectivity index (χ0) is 8.27. The molecule has 0 aliphatic heterocycles. The molecule has 0 fully saturated rings. The molecule has 0 heterocycles. The van der Waals surface area contributed by atoms with E-state index in [2.05, 4.69) is 4.79 Å². The van der Waals surface area contributed by atoms with Crippen LogP contribution in [-0.4, -0.2) is 16.4 Å². The highest BCUT2D eigenvalue weighted by Gasteiger charge is 2.13. The molecule has 0 unspecified atom stereocenters. The number of amides is 1. The quantitative estimate of drug-likeness (QED) is 0.409. The zero-order valence-corrected chi connectivity index (χ0v) is 5.77. The van der Waals surface area contributed by atoms with Gasteiger partial charge in [-0.3, -0.25) is 4.79 Å². The molecule has 56 valence electrons. The minimum absolute atomic E-state index is 0.375. The standard InChI is InChI=1S/C7H7N3O/c8-7(11)5-1-3-6(10-9)4-2-5/h1-5H,(H2,8,11). The van der Waals surface area contributed by atoms with Crippen molar-refractivity contribution in [3.05, 3.63) is 29.8 Å². The van der Waals surface area contributed by atoms with E-state index < -0.39 is 5.91 Å². The maximum absolute atomic E-state index is 10.6. The number of carbonyl (C=O) groups is 1. The lowest BCUT2D eigenvalue weighted by molar-refractivity contribution is -0.119. The van der Waals surface area contributed by atoms with Crippen LogP contribution in [0.1, 0.15) is 0 Å². The highest BCUT2D eigenvalue weighted by atomic mass is 16.1. The Kier molecular flexibility index (Phi) is 1.99. The molecule has 0 atom stereocenters. The second kappa shape index (κ2) is 2.94. The van der Waals surface area contributed by atoms with E-state index in [0.29, 0.717) is 5.71 Å². The third-order valence-electron chi connectivity index (χ3n) is 1.39. The Morgan fingerprint density at radius 3 is 2.45 bits per heavy atom. The van der Waals surface area contributed by atoms with Crippen molar-refractivity contribution in [1.29, 1.82) is 0 Å². The van der Waals surface area contributed by atoms with E-state index in [0.717, 1.165) is 0 Å². The monoisotopic (exact) mass is 149 g/mol. The number of nitrogens with two attached hydrogens (primary N) is 1. The molecule has 0 saturated heterocycles. The molecule has 1 aliphatic carbocycles. The van der Waals surface area contributed by atoms with Crippen molar-refractivity contribution in [2.75, 3.05) is 0 Å². The van der Waals surface area contributed by atoms with Gasteiger partial charge in [0.15, 0.2) is 0 Å². The summed E-state index contributed by atoms with van der Waals surface area (Å²) >= 11 is 0. The van der Waals surface area contributed by atoms with Crippen LogP contribution in [0, 0.1) is 5.92 Å². The molecule has 0 aromatic rings. The molecule has 0 aromatic heterocycles. The number of hydrogen-bond acceptors (Lipinski definition) is 1. The van der Waals surface area contributed by atoms with E-state index >= 15 is 0 Å². The van der Waals surface area contributed by atoms with E-state index in [-0.39, 0.29) is 5.92 Å². The second-order valence-corrected chi connectivity index (χ2v) is 2.17. The van der Waals surface area contributed by atoms with Gasteiger partial charge >= 0.3 is 5.71 Å². The fourth-order valence-corrected chi connectivity index (χ4v) is 0.781. The maximum Gasteiger partial charge on any atom is 0.314 e. The van der Waals surface area contributed by atoms with Crippen LogP contribution in [-0.2, 0) is 4.79 Å². The summed E-state index contributed by atoms with van der Waals surface area (Å²) in [5, 5.41) is 0. The van der Waals surface area contributed by atoms with Crippen molar-refractivity contribution in [2.24, 2.45) is 11.7 Å². The van der Waals surface area contributed by atoms with E-state index in [9.17, 15) is 4.79 Å². The van der Waals surface area contributed by atoms with Gasteiger partial charge in [-0.25, -0.2) is 0 Å². The summed E-state index contributed by atoms with van der Waals surface area (Å²) in [5.74, 6) is -0.782. The SMILES string of the molecule is [N-]=[N+]=C1C=CC(C(N)=O)C=C1. The summed E-state index contributed by atoms with van der Waals surface area (Å²) in [6.45, 7) is 0. The van der Waals surface area contributed by atoms with Crippen molar-refractivity contribution >= 4 is 11.6 Å². The van der Waals surface area contributed by atoms with E-state index in [1.54, 1.807) is 12.2 Å². The third kappa shape index (κ3) is 1.63. The van der Waals surface area contributed by atoms with E-state index in [1.165, 1.54) is 12.2 Å². The smallest absolute Gasteiger partial charge is 0.314 e. The van der Waals surface area contributed by atoms with Crippen molar-refractivity contribution in [3.8, 4) is 0 Å². The average Bonchev–Trinajstić information content (AvgIpc) is 2.05. The molecular weight excluding hydrogens is 142 g/mol. The summed E-state index contributed by atoms with van der Waals surface area (Å²) < 4.78 is 0. The first-order valence-corrected chi connectivity index (χ1v) is 3.12. The van der Waals surface area contributed by atoms with Crippen LogP contribution in [0.5, 0.6) is 0 Å². The van der Waals surface area contributed by atoms with Gasteiger partial charge in [-0.05, 0) is 0 Å². The molecule has 4 heteroatoms. The first-order chi connectivity index (χ1) is 5.24. The Labute approximate surface area is 63.6 Å². The molecule has 1 rings (SSSR count). The zero-order valence-electron chi connectivity index (χ0n) is 5.77. The largest absolute Gasteiger partial charge is 0.369 e. The highest BCUT2D eigenvalue weighted by Crippen LogP contribution is 2.05. The highest BCUT2D eigenvalue weighted by molar-refractivity contribution is 6.02. The molecule has 0 saturated carbocycles. The number of primary amides is 1. The van der Waals surface area contributed by atoms with E-state index in [4.69, 9.17) is 11.3 Å². The third-order valence-corrected chi connectivity index (χ3v) is 1.39. The van der Waals surface area contributed by atoms with Gasteiger partial charge in [0.1, 0.15) is 0 Å². The summed E-state index contributed by atoms with van der Waals surface area (Å²) in [4.78, 5) is 13.5. The van der Waals surface area contributed by atoms with Gasteiger partial charge in [-0.1, -0.05) is 12.2 Å². The van der Waals surface area contributed by atoms with Gasteiger partial charge in [-0.2, -0.15) is 4.79 Å². The lowest BCUT2D eigenvalue weighted by Crippen LogP contribution is -2.21. The fraction of sp³-hybridized carbons (Fsp3) is 0.143. The van der Waals surface area contributed by atoms with Crippen LogP contribution in [0.2, 0.25) is 0 Å². The number of carbonyl (C=O) groups excluding carboxylic acids is 1. The molecule has 0 bridgehead atoms. The van der Waals surface area contributed by atoms with Crippen LogP contribution in [0.25, 0.3) is 5.53 Å². The van der Waals surface area contributed by atoms with Crippen molar-refractivity contribution in [1.82, 2.24) is 0 Å². The van der Waals surface area contributed by atoms with Crippen molar-refractivity contribution in [2.45, 2.75) is 0 Å². The van der Waals surface area contributed by atoms with Crippen LogP contribution in [0.3, 0.4) is 0 Å². The summed E-state index contributed by atoms with van der Waals surface area (Å²) in [5.41, 5.74) is 13.7. The first-order valence-electron chi connectivity index (χ1n) is 3.12. The minimum Gasteiger partial charge on any atom is -0.369 e. The molecule has 0 spiro atoms.